The van der Waals surface area contributed by atoms with Crippen molar-refractivity contribution in [3.63, 3.8) is 0 Å². The molecule has 3 aromatic rings. The number of amides is 1. The maximum atomic E-state index is 13.2. The van der Waals surface area contributed by atoms with Crippen molar-refractivity contribution < 1.29 is 22.7 Å². The number of ether oxygens (including phenoxy) is 1. The third-order valence-corrected chi connectivity index (χ3v) is 5.05. The molecule has 0 bridgehead atoms. The van der Waals surface area contributed by atoms with E-state index in [-0.39, 0.29) is 0 Å². The number of benzene rings is 2. The highest BCUT2D eigenvalue weighted by Crippen LogP contribution is 2.32. The number of nitrogens with zero attached hydrogens (tertiary/aromatic N) is 3. The Morgan fingerprint density at radius 3 is 2.36 bits per heavy atom. The van der Waals surface area contributed by atoms with E-state index in [0.717, 1.165) is 36.7 Å². The van der Waals surface area contributed by atoms with E-state index in [9.17, 15) is 18.0 Å². The first kappa shape index (κ1) is 22.5. The molecule has 4 rings (SSSR count). The van der Waals surface area contributed by atoms with Gasteiger partial charge in [-0.05, 0) is 43.3 Å². The summed E-state index contributed by atoms with van der Waals surface area (Å²) in [5.74, 6) is 0.397. The van der Waals surface area contributed by atoms with Gasteiger partial charge in [0, 0.05) is 36.2 Å². The van der Waals surface area contributed by atoms with E-state index in [1.165, 1.54) is 12.1 Å². The van der Waals surface area contributed by atoms with Crippen molar-refractivity contribution in [2.24, 2.45) is 0 Å². The van der Waals surface area contributed by atoms with Crippen LogP contribution in [0.4, 0.5) is 36.3 Å². The summed E-state index contributed by atoms with van der Waals surface area (Å²) in [7, 11) is 0. The molecule has 1 aromatic heterocycles. The van der Waals surface area contributed by atoms with Crippen molar-refractivity contribution in [1.29, 1.82) is 0 Å². The Balaban J connectivity index is 1.45. The Morgan fingerprint density at radius 1 is 1.00 bits per heavy atom. The molecule has 10 heteroatoms. The molecule has 0 atom stereocenters. The molecular weight excluding hydrogens is 435 g/mol. The van der Waals surface area contributed by atoms with Crippen LogP contribution in [-0.4, -0.2) is 42.2 Å². The predicted octanol–water partition coefficient (Wildman–Crippen LogP) is 4.64. The Hall–Kier alpha value is -3.66. The number of hydrogen-bond acceptors (Lipinski definition) is 6. The largest absolute Gasteiger partial charge is 0.417 e. The number of aromatic nitrogens is 2. The van der Waals surface area contributed by atoms with Crippen LogP contribution in [0.25, 0.3) is 0 Å². The van der Waals surface area contributed by atoms with E-state index in [1.54, 1.807) is 24.3 Å². The predicted molar refractivity (Wildman–Crippen MR) is 119 cm³/mol. The molecule has 0 saturated carbocycles. The van der Waals surface area contributed by atoms with Crippen LogP contribution >= 0.6 is 0 Å². The van der Waals surface area contributed by atoms with Gasteiger partial charge in [0.25, 0.3) is 5.91 Å². The highest BCUT2D eigenvalue weighted by Gasteiger charge is 2.34. The number of nitrogens with one attached hydrogen (secondary N) is 2. The van der Waals surface area contributed by atoms with E-state index in [0.29, 0.717) is 30.5 Å². The van der Waals surface area contributed by atoms with Crippen LogP contribution in [0.1, 0.15) is 21.6 Å². The van der Waals surface area contributed by atoms with E-state index >= 15 is 0 Å². The molecule has 0 unspecified atom stereocenters. The fourth-order valence-electron chi connectivity index (χ4n) is 3.46. The maximum absolute atomic E-state index is 13.2. The van der Waals surface area contributed by atoms with Gasteiger partial charge in [0.15, 0.2) is 0 Å². The number of alkyl halides is 3. The van der Waals surface area contributed by atoms with Gasteiger partial charge in [-0.15, -0.1) is 0 Å². The molecule has 0 aliphatic carbocycles. The van der Waals surface area contributed by atoms with Crippen molar-refractivity contribution in [3.8, 4) is 0 Å². The quantitative estimate of drug-likeness (QED) is 0.581. The molecule has 172 valence electrons. The third-order valence-electron chi connectivity index (χ3n) is 5.05. The van der Waals surface area contributed by atoms with Gasteiger partial charge in [-0.25, -0.2) is 4.98 Å². The Bertz CT molecular complexity index is 1130. The normalized spacial score (nSPS) is 14.1. The van der Waals surface area contributed by atoms with Gasteiger partial charge in [-0.3, -0.25) is 4.79 Å². The number of aryl methyl sites for hydroxylation is 1. The highest BCUT2D eigenvalue weighted by atomic mass is 19.4. The smallest absolute Gasteiger partial charge is 0.378 e. The second-order valence-corrected chi connectivity index (χ2v) is 7.49. The van der Waals surface area contributed by atoms with Crippen molar-refractivity contribution in [1.82, 2.24) is 9.97 Å². The molecule has 1 aliphatic rings. The first-order chi connectivity index (χ1) is 15.8. The lowest BCUT2D eigenvalue weighted by Crippen LogP contribution is -2.36. The number of carbonyl (C=O) groups excluding carboxylic acids is 1. The number of halogens is 3. The van der Waals surface area contributed by atoms with Crippen molar-refractivity contribution in [2.45, 2.75) is 13.1 Å². The van der Waals surface area contributed by atoms with Gasteiger partial charge in [-0.2, -0.15) is 18.2 Å². The van der Waals surface area contributed by atoms with E-state index in [2.05, 4.69) is 25.5 Å². The molecule has 33 heavy (non-hydrogen) atoms. The van der Waals surface area contributed by atoms with Crippen LogP contribution in [0.2, 0.25) is 0 Å². The Labute approximate surface area is 188 Å². The second kappa shape index (κ2) is 9.45. The third kappa shape index (κ3) is 5.58. The number of morpholine rings is 1. The molecular formula is C23H22F3N5O2. The number of anilines is 4. The highest BCUT2D eigenvalue weighted by molar-refractivity contribution is 6.05. The average molecular weight is 457 g/mol. The minimum absolute atomic E-state index is 0.363. The summed E-state index contributed by atoms with van der Waals surface area (Å²) in [6.45, 7) is 4.68. The van der Waals surface area contributed by atoms with Crippen LogP contribution in [0.5, 0.6) is 0 Å². The molecule has 1 saturated heterocycles. The molecule has 0 radical (unpaired) electrons. The molecule has 1 amide bonds. The summed E-state index contributed by atoms with van der Waals surface area (Å²) in [6, 6.07) is 13.1. The van der Waals surface area contributed by atoms with Crippen molar-refractivity contribution in [3.05, 3.63) is 71.4 Å². The van der Waals surface area contributed by atoms with Crippen molar-refractivity contribution >= 4 is 29.0 Å². The van der Waals surface area contributed by atoms with Crippen LogP contribution < -0.4 is 15.5 Å². The van der Waals surface area contributed by atoms with E-state index in [4.69, 9.17) is 4.74 Å². The zero-order valence-electron chi connectivity index (χ0n) is 17.8. The Morgan fingerprint density at radius 2 is 1.67 bits per heavy atom. The van der Waals surface area contributed by atoms with Crippen molar-refractivity contribution in [2.75, 3.05) is 41.8 Å². The van der Waals surface area contributed by atoms with Gasteiger partial charge < -0.3 is 20.3 Å². The van der Waals surface area contributed by atoms with Crippen LogP contribution in [-0.2, 0) is 10.9 Å². The lowest BCUT2D eigenvalue weighted by Gasteiger charge is -2.28. The van der Waals surface area contributed by atoms with Gasteiger partial charge in [-0.1, -0.05) is 12.1 Å². The fraction of sp³-hybridized carbons (Fsp3) is 0.261. The molecule has 2 aromatic carbocycles. The van der Waals surface area contributed by atoms with Crippen LogP contribution in [0, 0.1) is 6.92 Å². The number of hydrogen-bond donors (Lipinski definition) is 2. The van der Waals surface area contributed by atoms with Gasteiger partial charge >= 0.3 is 6.18 Å². The summed E-state index contributed by atoms with van der Waals surface area (Å²) in [4.78, 5) is 23.5. The molecule has 0 spiro atoms. The molecule has 7 nitrogen and oxygen atoms in total. The van der Waals surface area contributed by atoms with Gasteiger partial charge in [0.2, 0.25) is 5.95 Å². The molecule has 2 heterocycles. The minimum atomic E-state index is -4.62. The second-order valence-electron chi connectivity index (χ2n) is 7.49. The summed E-state index contributed by atoms with van der Waals surface area (Å²) >= 11 is 0. The van der Waals surface area contributed by atoms with Gasteiger partial charge in [0.05, 0.1) is 24.3 Å². The fourth-order valence-corrected chi connectivity index (χ4v) is 3.46. The summed E-state index contributed by atoms with van der Waals surface area (Å²) in [5.41, 5.74) is 0.426. The summed E-state index contributed by atoms with van der Waals surface area (Å²) < 4.78 is 44.9. The van der Waals surface area contributed by atoms with E-state index in [1.807, 2.05) is 13.0 Å². The van der Waals surface area contributed by atoms with Crippen LogP contribution in [0.15, 0.2) is 54.6 Å². The molecule has 1 aliphatic heterocycles. The monoisotopic (exact) mass is 457 g/mol. The lowest BCUT2D eigenvalue weighted by molar-refractivity contribution is -0.137. The Kier molecular flexibility index (Phi) is 6.45. The molecule has 1 fully saturated rings. The van der Waals surface area contributed by atoms with E-state index < -0.39 is 23.2 Å². The first-order valence-corrected chi connectivity index (χ1v) is 10.3. The summed E-state index contributed by atoms with van der Waals surface area (Å²) in [5, 5.41) is 5.63. The zero-order chi connectivity index (χ0) is 23.4. The number of carbonyl (C=O) groups is 1. The lowest BCUT2D eigenvalue weighted by atomic mass is 10.1. The maximum Gasteiger partial charge on any atom is 0.417 e. The van der Waals surface area contributed by atoms with Gasteiger partial charge in [0.1, 0.15) is 5.82 Å². The minimum Gasteiger partial charge on any atom is -0.378 e. The summed E-state index contributed by atoms with van der Waals surface area (Å²) in [6.07, 6.45) is -4.62. The molecule has 2 N–H and O–H groups in total. The first-order valence-electron chi connectivity index (χ1n) is 10.3. The standard InChI is InChI=1S/C23H22F3N5O2/c1-15-14-20(31-10-12-33-13-11-31)30-22(27-15)29-17-8-6-16(7-9-17)28-21(32)18-4-2-3-5-19(18)23(24,25)26/h2-9,14H,10-13H2,1H3,(H,28,32)(H,27,29,30). The number of rotatable bonds is 5. The topological polar surface area (TPSA) is 79.4 Å². The van der Waals surface area contributed by atoms with Crippen LogP contribution in [0.3, 0.4) is 0 Å². The zero-order valence-corrected chi connectivity index (χ0v) is 17.8. The SMILES string of the molecule is Cc1cc(N2CCOCC2)nc(Nc2ccc(NC(=O)c3ccccc3C(F)(F)F)cc2)n1. The average Bonchev–Trinajstić information content (AvgIpc) is 2.80.